The van der Waals surface area contributed by atoms with Crippen molar-refractivity contribution in [1.29, 1.82) is 5.26 Å². The zero-order valence-electron chi connectivity index (χ0n) is 14.0. The maximum absolute atomic E-state index is 12.4. The van der Waals surface area contributed by atoms with Gasteiger partial charge in [0.1, 0.15) is 12.4 Å². The van der Waals surface area contributed by atoms with Crippen LogP contribution in [0.1, 0.15) is 41.4 Å². The molecule has 25 heavy (non-hydrogen) atoms. The molecule has 1 N–H and O–H groups in total. The normalized spacial score (nSPS) is 17.7. The number of nitriles is 1. The molecule has 0 saturated carbocycles. The molecule has 1 aliphatic rings. The Morgan fingerprint density at radius 1 is 1.48 bits per heavy atom. The van der Waals surface area contributed by atoms with Gasteiger partial charge in [0.25, 0.3) is 5.91 Å². The largest absolute Gasteiger partial charge is 0.489 e. The van der Waals surface area contributed by atoms with E-state index in [1.54, 1.807) is 30.3 Å². The van der Waals surface area contributed by atoms with Gasteiger partial charge in [-0.25, -0.2) is 0 Å². The first kappa shape index (κ1) is 17.1. The van der Waals surface area contributed by atoms with E-state index in [2.05, 4.69) is 11.4 Å². The summed E-state index contributed by atoms with van der Waals surface area (Å²) < 4.78 is 16.6. The van der Waals surface area contributed by atoms with Crippen molar-refractivity contribution in [2.24, 2.45) is 0 Å². The van der Waals surface area contributed by atoms with Crippen LogP contribution in [0.25, 0.3) is 0 Å². The van der Waals surface area contributed by atoms with E-state index in [1.165, 1.54) is 6.26 Å². The average molecular weight is 340 g/mol. The maximum Gasteiger partial charge on any atom is 0.287 e. The van der Waals surface area contributed by atoms with E-state index in [0.717, 1.165) is 19.4 Å². The molecule has 1 fully saturated rings. The second-order valence-electron chi connectivity index (χ2n) is 6.02. The first-order valence-electron chi connectivity index (χ1n) is 8.29. The molecule has 2 atom stereocenters. The number of hydrogen-bond donors (Lipinski definition) is 1. The number of rotatable bonds is 6. The van der Waals surface area contributed by atoms with E-state index in [9.17, 15) is 4.79 Å². The quantitative estimate of drug-likeness (QED) is 0.874. The van der Waals surface area contributed by atoms with Gasteiger partial charge in [0.05, 0.1) is 30.0 Å². The Kier molecular flexibility index (Phi) is 5.36. The monoisotopic (exact) mass is 340 g/mol. The Labute approximate surface area is 146 Å². The van der Waals surface area contributed by atoms with E-state index in [1.807, 2.05) is 6.92 Å². The first-order chi connectivity index (χ1) is 12.2. The second-order valence-corrected chi connectivity index (χ2v) is 6.02. The van der Waals surface area contributed by atoms with Crippen molar-refractivity contribution >= 4 is 5.91 Å². The number of amides is 1. The molecule has 2 heterocycles. The van der Waals surface area contributed by atoms with E-state index in [0.29, 0.717) is 16.9 Å². The third-order valence-corrected chi connectivity index (χ3v) is 4.19. The summed E-state index contributed by atoms with van der Waals surface area (Å²) in [5, 5.41) is 11.8. The van der Waals surface area contributed by atoms with E-state index >= 15 is 0 Å². The van der Waals surface area contributed by atoms with Crippen LogP contribution < -0.4 is 10.1 Å². The second kappa shape index (κ2) is 7.86. The Hall–Kier alpha value is -2.78. The van der Waals surface area contributed by atoms with Gasteiger partial charge in [-0.05, 0) is 44.0 Å². The van der Waals surface area contributed by atoms with Gasteiger partial charge in [-0.1, -0.05) is 6.07 Å². The summed E-state index contributed by atoms with van der Waals surface area (Å²) in [5.41, 5.74) is 1.17. The molecule has 0 bridgehead atoms. The Morgan fingerprint density at radius 2 is 2.36 bits per heavy atom. The minimum absolute atomic E-state index is 0.0485. The van der Waals surface area contributed by atoms with Crippen molar-refractivity contribution in [2.45, 2.75) is 38.5 Å². The topological polar surface area (TPSA) is 84.5 Å². The molecule has 0 spiro atoms. The molecule has 0 radical (unpaired) electrons. The predicted molar refractivity (Wildman–Crippen MR) is 90.1 cm³/mol. The van der Waals surface area contributed by atoms with Crippen LogP contribution in [0.15, 0.2) is 41.0 Å². The van der Waals surface area contributed by atoms with E-state index in [4.69, 9.17) is 19.2 Å². The van der Waals surface area contributed by atoms with E-state index < -0.39 is 0 Å². The maximum atomic E-state index is 12.4. The van der Waals surface area contributed by atoms with Crippen LogP contribution in [0.2, 0.25) is 0 Å². The molecule has 130 valence electrons. The standard InChI is InChI=1S/C19H20N2O4/c1-13(17-6-3-8-23-17)21-19(22)18-15(7-9-24-18)12-25-16-5-2-4-14(10-16)11-20/h2,4-5,7,9-10,13,17H,3,6,8,12H2,1H3,(H,21,22)/t13-,17-/m1/s1. The van der Waals surface area contributed by atoms with Crippen molar-refractivity contribution in [2.75, 3.05) is 6.61 Å². The number of hydrogen-bond acceptors (Lipinski definition) is 5. The zero-order valence-corrected chi connectivity index (χ0v) is 14.0. The lowest BCUT2D eigenvalue weighted by atomic mass is 10.1. The fourth-order valence-corrected chi connectivity index (χ4v) is 2.83. The molecule has 3 rings (SSSR count). The molecule has 1 aromatic heterocycles. The highest BCUT2D eigenvalue weighted by Gasteiger charge is 2.25. The third kappa shape index (κ3) is 4.20. The molecular weight excluding hydrogens is 320 g/mol. The molecule has 6 heteroatoms. The fraction of sp³-hybridized carbons (Fsp3) is 0.368. The highest BCUT2D eigenvalue weighted by Crippen LogP contribution is 2.19. The predicted octanol–water partition coefficient (Wildman–Crippen LogP) is 3.03. The van der Waals surface area contributed by atoms with Crippen LogP contribution >= 0.6 is 0 Å². The van der Waals surface area contributed by atoms with Gasteiger partial charge in [-0.2, -0.15) is 5.26 Å². The molecular formula is C19H20N2O4. The highest BCUT2D eigenvalue weighted by atomic mass is 16.5. The van der Waals surface area contributed by atoms with Crippen molar-refractivity contribution in [3.05, 3.63) is 53.5 Å². The molecule has 1 amide bonds. The van der Waals surface area contributed by atoms with Crippen LogP contribution in [0.5, 0.6) is 5.75 Å². The molecule has 0 unspecified atom stereocenters. The number of nitrogens with one attached hydrogen (secondary N) is 1. The molecule has 1 saturated heterocycles. The molecule has 1 aliphatic heterocycles. The number of ether oxygens (including phenoxy) is 2. The SMILES string of the molecule is C[C@@H](NC(=O)c1occc1COc1cccc(C#N)c1)[C@H]1CCCO1. The Bertz CT molecular complexity index is 772. The number of carbonyl (C=O) groups is 1. The lowest BCUT2D eigenvalue weighted by Gasteiger charge is -2.19. The summed E-state index contributed by atoms with van der Waals surface area (Å²) in [4.78, 5) is 12.4. The average Bonchev–Trinajstić information content (AvgIpc) is 3.31. The van der Waals surface area contributed by atoms with Crippen LogP contribution in [-0.4, -0.2) is 24.7 Å². The lowest BCUT2D eigenvalue weighted by molar-refractivity contribution is 0.0695. The Balaban J connectivity index is 1.61. The van der Waals surface area contributed by atoms with E-state index in [-0.39, 0.29) is 30.4 Å². The minimum Gasteiger partial charge on any atom is -0.489 e. The van der Waals surface area contributed by atoms with Gasteiger partial charge < -0.3 is 19.2 Å². The summed E-state index contributed by atoms with van der Waals surface area (Å²) in [6.45, 7) is 2.86. The molecule has 0 aliphatic carbocycles. The summed E-state index contributed by atoms with van der Waals surface area (Å²) in [5.74, 6) is 0.526. The van der Waals surface area contributed by atoms with Crippen LogP contribution in [0.3, 0.4) is 0 Å². The number of carbonyl (C=O) groups excluding carboxylic acids is 1. The molecule has 1 aromatic carbocycles. The fourth-order valence-electron chi connectivity index (χ4n) is 2.83. The van der Waals surface area contributed by atoms with Gasteiger partial charge in [-0.15, -0.1) is 0 Å². The Morgan fingerprint density at radius 3 is 3.12 bits per heavy atom. The smallest absolute Gasteiger partial charge is 0.287 e. The molecule has 2 aromatic rings. The van der Waals surface area contributed by atoms with Gasteiger partial charge in [0.15, 0.2) is 5.76 Å². The van der Waals surface area contributed by atoms with Crippen molar-refractivity contribution in [1.82, 2.24) is 5.32 Å². The number of furan rings is 1. The van der Waals surface area contributed by atoms with Gasteiger partial charge in [-0.3, -0.25) is 4.79 Å². The van der Waals surface area contributed by atoms with Crippen LogP contribution in [0, 0.1) is 11.3 Å². The summed E-state index contributed by atoms with van der Waals surface area (Å²) in [7, 11) is 0. The van der Waals surface area contributed by atoms with Crippen molar-refractivity contribution in [3.8, 4) is 11.8 Å². The van der Waals surface area contributed by atoms with Gasteiger partial charge in [0, 0.05) is 12.2 Å². The summed E-state index contributed by atoms with van der Waals surface area (Å²) in [6, 6.07) is 10.6. The third-order valence-electron chi connectivity index (χ3n) is 4.19. The van der Waals surface area contributed by atoms with Gasteiger partial charge >= 0.3 is 0 Å². The first-order valence-corrected chi connectivity index (χ1v) is 8.29. The zero-order chi connectivity index (χ0) is 17.6. The van der Waals surface area contributed by atoms with Crippen molar-refractivity contribution in [3.63, 3.8) is 0 Å². The molecule has 6 nitrogen and oxygen atoms in total. The number of nitrogens with zero attached hydrogens (tertiary/aromatic N) is 1. The highest BCUT2D eigenvalue weighted by molar-refractivity contribution is 5.93. The number of benzene rings is 1. The van der Waals surface area contributed by atoms with Crippen molar-refractivity contribution < 1.29 is 18.7 Å². The summed E-state index contributed by atoms with van der Waals surface area (Å²) >= 11 is 0. The minimum atomic E-state index is -0.280. The van der Waals surface area contributed by atoms with Gasteiger partial charge in [0.2, 0.25) is 0 Å². The van der Waals surface area contributed by atoms with Crippen LogP contribution in [0.4, 0.5) is 0 Å². The lowest BCUT2D eigenvalue weighted by Crippen LogP contribution is -2.41. The summed E-state index contributed by atoms with van der Waals surface area (Å²) in [6.07, 6.45) is 3.49. The van der Waals surface area contributed by atoms with Crippen LogP contribution in [-0.2, 0) is 11.3 Å².